The van der Waals surface area contributed by atoms with E-state index in [2.05, 4.69) is 73.3 Å². The number of fused-ring (bicyclic) bond motifs is 8. The van der Waals surface area contributed by atoms with Crippen LogP contribution in [0.2, 0.25) is 0 Å². The highest BCUT2D eigenvalue weighted by Gasteiger charge is 2.44. The predicted octanol–water partition coefficient (Wildman–Crippen LogP) is 9.06. The lowest BCUT2D eigenvalue weighted by molar-refractivity contribution is 0.163. The molecule has 0 bridgehead atoms. The van der Waals surface area contributed by atoms with E-state index >= 15 is 0 Å². The summed E-state index contributed by atoms with van der Waals surface area (Å²) in [7, 11) is 3.37. The van der Waals surface area contributed by atoms with Gasteiger partial charge in [-0.25, -0.2) is 4.85 Å². The van der Waals surface area contributed by atoms with Crippen LogP contribution in [0.5, 0.6) is 17.2 Å². The largest absolute Gasteiger partial charge is 0.497 e. The van der Waals surface area contributed by atoms with E-state index in [-0.39, 0.29) is 5.41 Å². The molecule has 0 fully saturated rings. The van der Waals surface area contributed by atoms with Gasteiger partial charge in [-0.3, -0.25) is 0 Å². The van der Waals surface area contributed by atoms with Crippen LogP contribution < -0.4 is 14.2 Å². The average Bonchev–Trinajstić information content (AvgIpc) is 3.27. The van der Waals surface area contributed by atoms with Crippen molar-refractivity contribution < 1.29 is 14.2 Å². The third-order valence-corrected chi connectivity index (χ3v) is 8.67. The maximum Gasteiger partial charge on any atom is 0.187 e. The standard InChI is InChI=1S/C37H29NO3/c1-36(2)32-21-25(38-3)13-17-29(32)33-28-18-16-27(40-5)22-31(28)35-30(34(33)36)19-20-37(41-35,23-9-7-6-8-10-23)24-11-14-26(39-4)15-12-24/h6-22H,1-2,4-5H3. The smallest absolute Gasteiger partial charge is 0.187 e. The lowest BCUT2D eigenvalue weighted by Gasteiger charge is -2.38. The molecule has 4 nitrogen and oxygen atoms in total. The normalized spacial score (nSPS) is 17.6. The second-order valence-corrected chi connectivity index (χ2v) is 11.1. The predicted molar refractivity (Wildman–Crippen MR) is 164 cm³/mol. The number of nitrogens with zero attached hydrogens (tertiary/aromatic N) is 1. The monoisotopic (exact) mass is 535 g/mol. The lowest BCUT2D eigenvalue weighted by Crippen LogP contribution is -2.35. The van der Waals surface area contributed by atoms with E-state index in [1.807, 2.05) is 48.5 Å². The maximum atomic E-state index is 7.63. The van der Waals surface area contributed by atoms with Crippen LogP contribution >= 0.6 is 0 Å². The Balaban J connectivity index is 1.56. The van der Waals surface area contributed by atoms with Crippen molar-refractivity contribution in [1.29, 1.82) is 0 Å². The minimum atomic E-state index is -0.850. The van der Waals surface area contributed by atoms with E-state index in [1.165, 1.54) is 16.7 Å². The maximum absolute atomic E-state index is 7.63. The highest BCUT2D eigenvalue weighted by Crippen LogP contribution is 2.58. The second-order valence-electron chi connectivity index (χ2n) is 11.1. The molecule has 2 aliphatic rings. The number of rotatable bonds is 4. The van der Waals surface area contributed by atoms with Gasteiger partial charge in [-0.2, -0.15) is 0 Å². The molecule has 0 amide bonds. The first-order chi connectivity index (χ1) is 19.9. The minimum Gasteiger partial charge on any atom is -0.497 e. The number of methoxy groups -OCH3 is 2. The van der Waals surface area contributed by atoms with Crippen LogP contribution in [0.1, 0.15) is 41.7 Å². The molecule has 4 heteroatoms. The molecule has 5 aromatic carbocycles. The Morgan fingerprint density at radius 2 is 1.46 bits per heavy atom. The molecular formula is C37H29NO3. The summed E-state index contributed by atoms with van der Waals surface area (Å²) in [5.74, 6) is 2.39. The molecule has 0 saturated heterocycles. The summed E-state index contributed by atoms with van der Waals surface area (Å²) in [4.78, 5) is 3.73. The Morgan fingerprint density at radius 1 is 0.756 bits per heavy atom. The van der Waals surface area contributed by atoms with Gasteiger partial charge in [-0.05, 0) is 64.0 Å². The van der Waals surface area contributed by atoms with Crippen LogP contribution in [-0.4, -0.2) is 14.2 Å². The summed E-state index contributed by atoms with van der Waals surface area (Å²) >= 11 is 0. The van der Waals surface area contributed by atoms with Gasteiger partial charge < -0.3 is 14.2 Å². The van der Waals surface area contributed by atoms with Crippen molar-refractivity contribution in [3.63, 3.8) is 0 Å². The third-order valence-electron chi connectivity index (χ3n) is 8.67. The highest BCUT2D eigenvalue weighted by molar-refractivity contribution is 6.09. The lowest BCUT2D eigenvalue weighted by atomic mass is 9.76. The first kappa shape index (κ1) is 25.0. The zero-order valence-electron chi connectivity index (χ0n) is 23.5. The van der Waals surface area contributed by atoms with Crippen molar-refractivity contribution in [2.45, 2.75) is 24.9 Å². The van der Waals surface area contributed by atoms with E-state index in [4.69, 9.17) is 20.8 Å². The zero-order valence-corrected chi connectivity index (χ0v) is 23.5. The van der Waals surface area contributed by atoms with E-state index < -0.39 is 5.60 Å². The summed E-state index contributed by atoms with van der Waals surface area (Å²) in [6.07, 6.45) is 4.42. The van der Waals surface area contributed by atoms with Gasteiger partial charge in [0.1, 0.15) is 17.2 Å². The van der Waals surface area contributed by atoms with Crippen molar-refractivity contribution >= 4 is 22.5 Å². The van der Waals surface area contributed by atoms with E-state index in [0.29, 0.717) is 5.69 Å². The molecule has 1 atom stereocenters. The van der Waals surface area contributed by atoms with E-state index in [1.54, 1.807) is 14.2 Å². The van der Waals surface area contributed by atoms with Crippen LogP contribution in [0.3, 0.4) is 0 Å². The highest BCUT2D eigenvalue weighted by atomic mass is 16.5. The summed E-state index contributed by atoms with van der Waals surface area (Å²) in [6, 6.07) is 30.7. The number of hydrogen-bond donors (Lipinski definition) is 0. The summed E-state index contributed by atoms with van der Waals surface area (Å²) < 4.78 is 18.5. The molecule has 0 spiro atoms. The van der Waals surface area contributed by atoms with Gasteiger partial charge in [0, 0.05) is 27.5 Å². The van der Waals surface area contributed by atoms with Gasteiger partial charge in [0.2, 0.25) is 0 Å². The van der Waals surface area contributed by atoms with Crippen molar-refractivity contribution in [2.24, 2.45) is 0 Å². The Bertz CT molecular complexity index is 1910. The number of benzene rings is 5. The fourth-order valence-electron chi connectivity index (χ4n) is 6.65. The first-order valence-electron chi connectivity index (χ1n) is 13.7. The van der Waals surface area contributed by atoms with Crippen molar-refractivity contribution in [2.75, 3.05) is 14.2 Å². The van der Waals surface area contributed by atoms with Gasteiger partial charge >= 0.3 is 0 Å². The molecule has 7 rings (SSSR count). The fourth-order valence-corrected chi connectivity index (χ4v) is 6.65. The molecule has 41 heavy (non-hydrogen) atoms. The van der Waals surface area contributed by atoms with Crippen LogP contribution in [0.25, 0.3) is 32.8 Å². The Morgan fingerprint density at radius 3 is 2.17 bits per heavy atom. The molecule has 0 N–H and O–H groups in total. The van der Waals surface area contributed by atoms with Crippen LogP contribution in [0.15, 0.2) is 97.1 Å². The quantitative estimate of drug-likeness (QED) is 0.215. The van der Waals surface area contributed by atoms with Crippen LogP contribution in [-0.2, 0) is 11.0 Å². The number of hydrogen-bond acceptors (Lipinski definition) is 3. The van der Waals surface area contributed by atoms with E-state index in [9.17, 15) is 0 Å². The third kappa shape index (κ3) is 3.52. The Labute approximate surface area is 240 Å². The van der Waals surface area contributed by atoms with Gasteiger partial charge in [0.25, 0.3) is 0 Å². The molecule has 0 aromatic heterocycles. The minimum absolute atomic E-state index is 0.329. The average molecular weight is 536 g/mol. The van der Waals surface area contributed by atoms with Crippen molar-refractivity contribution in [3.05, 3.63) is 136 Å². The fraction of sp³-hybridized carbons (Fsp3) is 0.162. The summed E-state index contributed by atoms with van der Waals surface area (Å²) in [5.41, 5.74) is 7.32. The topological polar surface area (TPSA) is 32.0 Å². The molecular weight excluding hydrogens is 506 g/mol. The van der Waals surface area contributed by atoms with Crippen molar-refractivity contribution in [3.8, 4) is 28.4 Å². The molecule has 200 valence electrons. The van der Waals surface area contributed by atoms with Crippen molar-refractivity contribution in [1.82, 2.24) is 0 Å². The summed E-state index contributed by atoms with van der Waals surface area (Å²) in [6.45, 7) is 12.1. The second kappa shape index (κ2) is 9.01. The Hall–Kier alpha value is -5.01. The van der Waals surface area contributed by atoms with Gasteiger partial charge in [-0.1, -0.05) is 80.6 Å². The molecule has 1 heterocycles. The van der Waals surface area contributed by atoms with Gasteiger partial charge in [0.15, 0.2) is 11.3 Å². The SMILES string of the molecule is [C-]#[N+]c1ccc2c(c1)C(C)(C)c1c3c(c4cc(OC)ccc4c1-2)OC(c1ccccc1)(c1ccc(OC)cc1)C=C3. The van der Waals surface area contributed by atoms with E-state index in [0.717, 1.165) is 50.3 Å². The molecule has 1 aliphatic heterocycles. The molecule has 1 unspecified atom stereocenters. The van der Waals surface area contributed by atoms with Gasteiger partial charge in [0.05, 0.1) is 20.8 Å². The van der Waals surface area contributed by atoms with Gasteiger partial charge in [-0.15, -0.1) is 0 Å². The van der Waals surface area contributed by atoms with Crippen LogP contribution in [0.4, 0.5) is 5.69 Å². The Kier molecular flexibility index (Phi) is 5.49. The molecule has 1 aliphatic carbocycles. The number of ether oxygens (including phenoxy) is 3. The molecule has 5 aromatic rings. The molecule has 0 saturated carbocycles. The zero-order chi connectivity index (χ0) is 28.4. The summed E-state index contributed by atoms with van der Waals surface area (Å²) in [5, 5.41) is 2.10. The first-order valence-corrected chi connectivity index (χ1v) is 13.7. The van der Waals surface area contributed by atoms with Crippen LogP contribution in [0, 0.1) is 6.57 Å². The molecule has 0 radical (unpaired) electrons.